The molecule has 1 saturated heterocycles. The quantitative estimate of drug-likeness (QED) is 0.753. The molecule has 27 heavy (non-hydrogen) atoms. The molecular weight excluding hydrogens is 358 g/mol. The topological polar surface area (TPSA) is 35.6 Å². The van der Waals surface area contributed by atoms with E-state index in [4.69, 9.17) is 11.6 Å². The van der Waals surface area contributed by atoms with E-state index in [1.54, 1.807) is 0 Å². The second-order valence-electron chi connectivity index (χ2n) is 7.11. The van der Waals surface area contributed by atoms with E-state index in [-0.39, 0.29) is 6.03 Å². The SMILES string of the molecule is CCCCc1ccc(NC(=O)N2CCN(c3ccccc3Cl)CC2)c(C)c1. The molecule has 1 N–H and O–H groups in total. The maximum atomic E-state index is 12.7. The van der Waals surface area contributed by atoms with Crippen molar-refractivity contribution in [3.8, 4) is 0 Å². The van der Waals surface area contributed by atoms with Gasteiger partial charge >= 0.3 is 6.03 Å². The summed E-state index contributed by atoms with van der Waals surface area (Å²) in [5.74, 6) is 0. The second kappa shape index (κ2) is 9.14. The first-order valence-corrected chi connectivity index (χ1v) is 10.1. The van der Waals surface area contributed by atoms with Crippen molar-refractivity contribution in [2.24, 2.45) is 0 Å². The Labute approximate surface area is 167 Å². The Balaban J connectivity index is 1.56. The van der Waals surface area contributed by atoms with Gasteiger partial charge in [0.1, 0.15) is 0 Å². The second-order valence-corrected chi connectivity index (χ2v) is 7.52. The fourth-order valence-electron chi connectivity index (χ4n) is 3.46. The van der Waals surface area contributed by atoms with Crippen LogP contribution in [0.3, 0.4) is 0 Å². The number of unbranched alkanes of at least 4 members (excludes halogenated alkanes) is 1. The summed E-state index contributed by atoms with van der Waals surface area (Å²) in [5, 5.41) is 3.83. The maximum Gasteiger partial charge on any atom is 0.321 e. The van der Waals surface area contributed by atoms with Gasteiger partial charge in [0.15, 0.2) is 0 Å². The monoisotopic (exact) mass is 385 g/mol. The van der Waals surface area contributed by atoms with Gasteiger partial charge in [0.25, 0.3) is 0 Å². The number of aryl methyl sites for hydroxylation is 2. The summed E-state index contributed by atoms with van der Waals surface area (Å²) < 4.78 is 0. The molecule has 0 bridgehead atoms. The van der Waals surface area contributed by atoms with E-state index >= 15 is 0 Å². The van der Waals surface area contributed by atoms with Crippen molar-refractivity contribution < 1.29 is 4.79 Å². The largest absolute Gasteiger partial charge is 0.367 e. The van der Waals surface area contributed by atoms with Crippen LogP contribution in [0, 0.1) is 6.92 Å². The van der Waals surface area contributed by atoms with Crippen LogP contribution >= 0.6 is 11.6 Å². The minimum Gasteiger partial charge on any atom is -0.367 e. The van der Waals surface area contributed by atoms with Gasteiger partial charge < -0.3 is 15.1 Å². The van der Waals surface area contributed by atoms with Gasteiger partial charge in [0.05, 0.1) is 10.7 Å². The number of para-hydroxylation sites is 1. The van der Waals surface area contributed by atoms with E-state index in [2.05, 4.69) is 36.2 Å². The van der Waals surface area contributed by atoms with Crippen LogP contribution in [0.1, 0.15) is 30.9 Å². The highest BCUT2D eigenvalue weighted by Gasteiger charge is 2.22. The fraction of sp³-hybridized carbons (Fsp3) is 0.409. The Morgan fingerprint density at radius 1 is 1.11 bits per heavy atom. The number of carbonyl (C=O) groups excluding carboxylic acids is 1. The van der Waals surface area contributed by atoms with Crippen molar-refractivity contribution >= 4 is 29.0 Å². The number of nitrogens with zero attached hydrogens (tertiary/aromatic N) is 2. The van der Waals surface area contributed by atoms with Gasteiger partial charge in [0.2, 0.25) is 0 Å². The molecule has 5 heteroatoms. The molecule has 0 saturated carbocycles. The third-order valence-electron chi connectivity index (χ3n) is 5.11. The normalized spacial score (nSPS) is 14.3. The third kappa shape index (κ3) is 4.95. The van der Waals surface area contributed by atoms with Gasteiger partial charge in [-0.05, 0) is 49.1 Å². The van der Waals surface area contributed by atoms with E-state index in [0.29, 0.717) is 13.1 Å². The number of anilines is 2. The van der Waals surface area contributed by atoms with E-state index < -0.39 is 0 Å². The Bertz CT molecular complexity index is 785. The minimum atomic E-state index is -0.0294. The number of carbonyl (C=O) groups is 1. The van der Waals surface area contributed by atoms with Crippen LogP contribution in [-0.2, 0) is 6.42 Å². The summed E-state index contributed by atoms with van der Waals surface area (Å²) >= 11 is 6.29. The lowest BCUT2D eigenvalue weighted by atomic mass is 10.0. The van der Waals surface area contributed by atoms with Gasteiger partial charge in [-0.2, -0.15) is 0 Å². The van der Waals surface area contributed by atoms with E-state index in [1.807, 2.05) is 35.2 Å². The van der Waals surface area contributed by atoms with Crippen molar-refractivity contribution in [3.05, 3.63) is 58.6 Å². The molecule has 1 aliphatic rings. The molecule has 0 unspecified atom stereocenters. The Morgan fingerprint density at radius 3 is 2.52 bits per heavy atom. The summed E-state index contributed by atoms with van der Waals surface area (Å²) in [7, 11) is 0. The number of nitrogens with one attached hydrogen (secondary N) is 1. The molecule has 0 radical (unpaired) electrons. The lowest BCUT2D eigenvalue weighted by Gasteiger charge is -2.36. The number of benzene rings is 2. The standard InChI is InChI=1S/C22H28ClN3O/c1-3-4-7-18-10-11-20(17(2)16-18)24-22(27)26-14-12-25(13-15-26)21-9-6-5-8-19(21)23/h5-6,8-11,16H,3-4,7,12-15H2,1-2H3,(H,24,27). The Kier molecular flexibility index (Phi) is 6.62. The van der Waals surface area contributed by atoms with Crippen LogP contribution < -0.4 is 10.2 Å². The zero-order chi connectivity index (χ0) is 19.2. The summed E-state index contributed by atoms with van der Waals surface area (Å²) in [6, 6.07) is 14.2. The number of hydrogen-bond acceptors (Lipinski definition) is 2. The fourth-order valence-corrected chi connectivity index (χ4v) is 3.71. The van der Waals surface area contributed by atoms with Crippen LogP contribution in [0.4, 0.5) is 16.2 Å². The zero-order valence-corrected chi connectivity index (χ0v) is 16.9. The molecular formula is C22H28ClN3O. The summed E-state index contributed by atoms with van der Waals surface area (Å²) in [5.41, 5.74) is 4.39. The van der Waals surface area contributed by atoms with Crippen molar-refractivity contribution in [3.63, 3.8) is 0 Å². The first-order chi connectivity index (χ1) is 13.1. The third-order valence-corrected chi connectivity index (χ3v) is 5.43. The van der Waals surface area contributed by atoms with E-state index in [0.717, 1.165) is 41.5 Å². The summed E-state index contributed by atoms with van der Waals surface area (Å²) in [6.07, 6.45) is 3.48. The highest BCUT2D eigenvalue weighted by Crippen LogP contribution is 2.26. The highest BCUT2D eigenvalue weighted by molar-refractivity contribution is 6.33. The average molecular weight is 386 g/mol. The maximum absolute atomic E-state index is 12.7. The van der Waals surface area contributed by atoms with Crippen LogP contribution in [0.2, 0.25) is 5.02 Å². The van der Waals surface area contributed by atoms with Crippen molar-refractivity contribution in [2.45, 2.75) is 33.1 Å². The minimum absolute atomic E-state index is 0.0294. The predicted octanol–water partition coefficient (Wildman–Crippen LogP) is 5.35. The molecule has 2 amide bonds. The molecule has 1 fully saturated rings. The van der Waals surface area contributed by atoms with Crippen LogP contribution in [0.5, 0.6) is 0 Å². The van der Waals surface area contributed by atoms with Gasteiger partial charge in [-0.25, -0.2) is 4.79 Å². The van der Waals surface area contributed by atoms with Crippen LogP contribution in [0.15, 0.2) is 42.5 Å². The Hall–Kier alpha value is -2.20. The summed E-state index contributed by atoms with van der Waals surface area (Å²) in [6.45, 7) is 7.20. The molecule has 0 atom stereocenters. The number of rotatable bonds is 5. The zero-order valence-electron chi connectivity index (χ0n) is 16.2. The van der Waals surface area contributed by atoms with E-state index in [9.17, 15) is 4.79 Å². The van der Waals surface area contributed by atoms with Crippen LogP contribution in [-0.4, -0.2) is 37.1 Å². The summed E-state index contributed by atoms with van der Waals surface area (Å²) in [4.78, 5) is 16.8. The number of urea groups is 1. The molecule has 1 aliphatic heterocycles. The van der Waals surface area contributed by atoms with Crippen molar-refractivity contribution in [1.82, 2.24) is 4.90 Å². The van der Waals surface area contributed by atoms with E-state index in [1.165, 1.54) is 18.4 Å². The molecule has 1 heterocycles. The number of halogens is 1. The average Bonchev–Trinajstić information content (AvgIpc) is 2.68. The first kappa shape index (κ1) is 19.6. The van der Waals surface area contributed by atoms with Crippen molar-refractivity contribution in [1.29, 1.82) is 0 Å². The lowest BCUT2D eigenvalue weighted by Crippen LogP contribution is -2.50. The molecule has 4 nitrogen and oxygen atoms in total. The molecule has 2 aromatic rings. The van der Waals surface area contributed by atoms with Gasteiger partial charge in [-0.1, -0.05) is 49.2 Å². The molecule has 0 aliphatic carbocycles. The number of hydrogen-bond donors (Lipinski definition) is 1. The number of amides is 2. The molecule has 0 spiro atoms. The highest BCUT2D eigenvalue weighted by atomic mass is 35.5. The Morgan fingerprint density at radius 2 is 1.85 bits per heavy atom. The van der Waals surface area contributed by atoms with Crippen LogP contribution in [0.25, 0.3) is 0 Å². The smallest absolute Gasteiger partial charge is 0.321 e. The number of piperazine rings is 1. The molecule has 144 valence electrons. The predicted molar refractivity (Wildman–Crippen MR) is 114 cm³/mol. The van der Waals surface area contributed by atoms with Gasteiger partial charge in [-0.15, -0.1) is 0 Å². The first-order valence-electron chi connectivity index (χ1n) is 9.73. The van der Waals surface area contributed by atoms with Gasteiger partial charge in [-0.3, -0.25) is 0 Å². The molecule has 3 rings (SSSR count). The van der Waals surface area contributed by atoms with Crippen molar-refractivity contribution in [2.75, 3.05) is 36.4 Å². The molecule has 2 aromatic carbocycles. The lowest BCUT2D eigenvalue weighted by molar-refractivity contribution is 0.208. The molecule has 0 aromatic heterocycles. The van der Waals surface area contributed by atoms with Gasteiger partial charge in [0, 0.05) is 31.9 Å².